The standard InChI is InChI=1S/C73H59N/c1-71(2,3)51-37-42-62-63-43-38-52(72(4,5)6)46-69(63)73(68(62)45-51)66-33-18-16-30-61(66)65-47-54(41-44-67(65)73)74(53-39-35-50(36-40-53)56-32-20-24-49-23-10-11-25-55(49)56)70-34-19-17-31-64(70)60-29-15-14-28-59(60)58-27-13-12-26-57(58)48-21-8-7-9-22-48/h7-47H,1-6H3. The zero-order valence-electron chi connectivity index (χ0n) is 43.1. The zero-order valence-corrected chi connectivity index (χ0v) is 43.1. The normalized spacial score (nSPS) is 13.1. The van der Waals surface area contributed by atoms with Crippen molar-refractivity contribution in [3.63, 3.8) is 0 Å². The third-order valence-electron chi connectivity index (χ3n) is 16.0. The van der Waals surface area contributed by atoms with E-state index in [2.05, 4.69) is 295 Å². The smallest absolute Gasteiger partial charge is 0.0725 e. The van der Waals surface area contributed by atoms with Crippen LogP contribution in [-0.4, -0.2) is 0 Å². The Morgan fingerprint density at radius 1 is 0.284 bits per heavy atom. The van der Waals surface area contributed by atoms with E-state index in [9.17, 15) is 0 Å². The van der Waals surface area contributed by atoms with Crippen LogP contribution in [-0.2, 0) is 16.2 Å². The number of hydrogen-bond donors (Lipinski definition) is 0. The van der Waals surface area contributed by atoms with Crippen LogP contribution in [0.4, 0.5) is 17.1 Å². The number of anilines is 3. The molecule has 13 rings (SSSR count). The molecule has 1 nitrogen and oxygen atoms in total. The molecule has 2 aliphatic rings. The number of hydrogen-bond acceptors (Lipinski definition) is 1. The number of para-hydroxylation sites is 1. The summed E-state index contributed by atoms with van der Waals surface area (Å²) < 4.78 is 0. The van der Waals surface area contributed by atoms with Crippen molar-refractivity contribution in [1.82, 2.24) is 0 Å². The fraction of sp³-hybridized carbons (Fsp3) is 0.123. The van der Waals surface area contributed by atoms with Crippen LogP contribution in [0, 0.1) is 0 Å². The average Bonchev–Trinajstić information content (AvgIpc) is 4.01. The Morgan fingerprint density at radius 3 is 1.41 bits per heavy atom. The van der Waals surface area contributed by atoms with E-state index in [-0.39, 0.29) is 10.8 Å². The Labute approximate surface area is 437 Å². The first kappa shape index (κ1) is 45.4. The fourth-order valence-electron chi connectivity index (χ4n) is 12.4. The van der Waals surface area contributed by atoms with Gasteiger partial charge in [-0.05, 0) is 147 Å². The predicted octanol–water partition coefficient (Wildman–Crippen LogP) is 19.9. The lowest BCUT2D eigenvalue weighted by Crippen LogP contribution is -2.27. The summed E-state index contributed by atoms with van der Waals surface area (Å²) in [4.78, 5) is 2.50. The third kappa shape index (κ3) is 7.20. The maximum atomic E-state index is 2.54. The van der Waals surface area contributed by atoms with Gasteiger partial charge in [0.1, 0.15) is 0 Å². The van der Waals surface area contributed by atoms with Gasteiger partial charge in [-0.2, -0.15) is 0 Å². The molecule has 1 spiro atoms. The summed E-state index contributed by atoms with van der Waals surface area (Å²) in [6.45, 7) is 14.0. The van der Waals surface area contributed by atoms with E-state index in [0.717, 1.165) is 22.6 Å². The monoisotopic (exact) mass is 949 g/mol. The van der Waals surface area contributed by atoms with Crippen molar-refractivity contribution in [2.75, 3.05) is 4.90 Å². The number of rotatable bonds is 7. The van der Waals surface area contributed by atoms with Gasteiger partial charge >= 0.3 is 0 Å². The topological polar surface area (TPSA) is 3.24 Å². The van der Waals surface area contributed by atoms with Crippen LogP contribution in [0.1, 0.15) is 74.9 Å². The highest BCUT2D eigenvalue weighted by molar-refractivity contribution is 6.01. The van der Waals surface area contributed by atoms with E-state index in [0.29, 0.717) is 0 Å². The molecule has 0 unspecified atom stereocenters. The molecule has 0 amide bonds. The number of nitrogens with zero attached hydrogens (tertiary/aromatic N) is 1. The first-order valence-corrected chi connectivity index (χ1v) is 26.2. The molecule has 74 heavy (non-hydrogen) atoms. The molecule has 0 bridgehead atoms. The molecule has 0 heterocycles. The van der Waals surface area contributed by atoms with E-state index in [1.54, 1.807) is 0 Å². The first-order chi connectivity index (χ1) is 36.0. The zero-order chi connectivity index (χ0) is 50.3. The Bertz CT molecular complexity index is 3900. The minimum Gasteiger partial charge on any atom is -0.310 e. The lowest BCUT2D eigenvalue weighted by atomic mass is 9.69. The van der Waals surface area contributed by atoms with Crippen LogP contribution in [0.3, 0.4) is 0 Å². The van der Waals surface area contributed by atoms with E-state index >= 15 is 0 Å². The van der Waals surface area contributed by atoms with Crippen molar-refractivity contribution in [3.05, 3.63) is 282 Å². The molecule has 0 atom stereocenters. The van der Waals surface area contributed by atoms with Crippen LogP contribution in [0.15, 0.2) is 249 Å². The SMILES string of the molecule is CC(C)(C)c1ccc2c(c1)C1(c3ccccc3-c3cc(N(c4ccc(-c5cccc6ccccc56)cc4)c4ccccc4-c4ccccc4-c4ccccc4-c4ccccc4)ccc31)c1cc(C(C)(C)C)ccc1-2. The number of benzene rings is 11. The Hall–Kier alpha value is -8.52. The summed E-state index contributed by atoms with van der Waals surface area (Å²) >= 11 is 0. The second kappa shape index (κ2) is 17.3. The van der Waals surface area contributed by atoms with Gasteiger partial charge in [0.25, 0.3) is 0 Å². The van der Waals surface area contributed by atoms with Crippen LogP contribution in [0.2, 0.25) is 0 Å². The molecule has 11 aromatic rings. The minimum atomic E-state index is -0.494. The molecule has 0 saturated carbocycles. The van der Waals surface area contributed by atoms with Crippen LogP contribution < -0.4 is 4.90 Å². The summed E-state index contributed by atoms with van der Waals surface area (Å²) in [7, 11) is 0. The molecule has 0 fully saturated rings. The lowest BCUT2D eigenvalue weighted by Gasteiger charge is -2.33. The summed E-state index contributed by atoms with van der Waals surface area (Å²) in [5, 5.41) is 2.49. The highest BCUT2D eigenvalue weighted by Crippen LogP contribution is 2.64. The van der Waals surface area contributed by atoms with Crippen molar-refractivity contribution in [3.8, 4) is 66.8 Å². The number of fused-ring (bicyclic) bond motifs is 11. The Kier molecular flexibility index (Phi) is 10.6. The summed E-state index contributed by atoms with van der Waals surface area (Å²) in [6, 6.07) is 93.4. The average molecular weight is 950 g/mol. The van der Waals surface area contributed by atoms with E-state index in [1.165, 1.54) is 105 Å². The summed E-state index contributed by atoms with van der Waals surface area (Å²) in [6.07, 6.45) is 0. The van der Waals surface area contributed by atoms with Gasteiger partial charge in [0.05, 0.1) is 11.1 Å². The molecule has 0 saturated heterocycles. The molecule has 11 aromatic carbocycles. The van der Waals surface area contributed by atoms with Gasteiger partial charge in [0, 0.05) is 16.9 Å². The summed E-state index contributed by atoms with van der Waals surface area (Å²) in [5.74, 6) is 0. The maximum Gasteiger partial charge on any atom is 0.0725 e. The quantitative estimate of drug-likeness (QED) is 0.154. The van der Waals surface area contributed by atoms with Crippen molar-refractivity contribution in [2.24, 2.45) is 0 Å². The molecule has 356 valence electrons. The molecule has 0 aromatic heterocycles. The Balaban J connectivity index is 1.05. The van der Waals surface area contributed by atoms with Gasteiger partial charge in [0.2, 0.25) is 0 Å². The molecule has 0 aliphatic heterocycles. The molecule has 0 radical (unpaired) electrons. The first-order valence-electron chi connectivity index (χ1n) is 26.2. The Morgan fingerprint density at radius 2 is 0.743 bits per heavy atom. The second-order valence-electron chi connectivity index (χ2n) is 22.4. The molecule has 0 N–H and O–H groups in total. The highest BCUT2D eigenvalue weighted by Gasteiger charge is 2.52. The van der Waals surface area contributed by atoms with Gasteiger partial charge in [-0.1, -0.05) is 260 Å². The minimum absolute atomic E-state index is 0.0222. The van der Waals surface area contributed by atoms with Crippen molar-refractivity contribution in [2.45, 2.75) is 57.8 Å². The van der Waals surface area contributed by atoms with Gasteiger partial charge in [-0.25, -0.2) is 0 Å². The van der Waals surface area contributed by atoms with E-state index < -0.39 is 5.41 Å². The van der Waals surface area contributed by atoms with Crippen molar-refractivity contribution in [1.29, 1.82) is 0 Å². The van der Waals surface area contributed by atoms with E-state index in [4.69, 9.17) is 0 Å². The summed E-state index contributed by atoms with van der Waals surface area (Å²) in [5.41, 5.74) is 25.7. The van der Waals surface area contributed by atoms with Crippen LogP contribution in [0.5, 0.6) is 0 Å². The second-order valence-corrected chi connectivity index (χ2v) is 22.4. The van der Waals surface area contributed by atoms with Gasteiger partial charge in [-0.3, -0.25) is 0 Å². The largest absolute Gasteiger partial charge is 0.310 e. The molecular formula is C73H59N. The maximum absolute atomic E-state index is 2.54. The van der Waals surface area contributed by atoms with E-state index in [1.807, 2.05) is 0 Å². The molecule has 1 heteroatoms. The van der Waals surface area contributed by atoms with Gasteiger partial charge in [-0.15, -0.1) is 0 Å². The fourth-order valence-corrected chi connectivity index (χ4v) is 12.4. The molecular weight excluding hydrogens is 891 g/mol. The molecule has 2 aliphatic carbocycles. The lowest BCUT2D eigenvalue weighted by molar-refractivity contribution is 0.586. The van der Waals surface area contributed by atoms with Crippen LogP contribution in [0.25, 0.3) is 77.5 Å². The van der Waals surface area contributed by atoms with Crippen molar-refractivity contribution < 1.29 is 0 Å². The third-order valence-corrected chi connectivity index (χ3v) is 16.0. The highest BCUT2D eigenvalue weighted by atomic mass is 15.1. The van der Waals surface area contributed by atoms with Crippen LogP contribution >= 0.6 is 0 Å². The van der Waals surface area contributed by atoms with Crippen molar-refractivity contribution >= 4 is 27.8 Å². The van der Waals surface area contributed by atoms with Gasteiger partial charge < -0.3 is 4.90 Å². The predicted molar refractivity (Wildman–Crippen MR) is 314 cm³/mol. The van der Waals surface area contributed by atoms with Gasteiger partial charge in [0.15, 0.2) is 0 Å².